The van der Waals surface area contributed by atoms with E-state index in [1.54, 1.807) is 31.2 Å². The fourth-order valence-electron chi connectivity index (χ4n) is 2.00. The third-order valence-electron chi connectivity index (χ3n) is 2.83. The largest absolute Gasteiger partial charge is 0.463 e. The van der Waals surface area contributed by atoms with Gasteiger partial charge in [0.1, 0.15) is 11.8 Å². The van der Waals surface area contributed by atoms with Gasteiger partial charge in [-0.1, -0.05) is 12.1 Å². The van der Waals surface area contributed by atoms with E-state index in [-0.39, 0.29) is 6.61 Å². The monoisotopic (exact) mass is 293 g/mol. The molecule has 1 N–H and O–H groups in total. The van der Waals surface area contributed by atoms with Crippen molar-refractivity contribution in [2.75, 3.05) is 6.61 Å². The van der Waals surface area contributed by atoms with Gasteiger partial charge in [-0.25, -0.2) is 9.59 Å². The lowest BCUT2D eigenvalue weighted by molar-refractivity contribution is -0.152. The molecule has 1 aliphatic heterocycles. The van der Waals surface area contributed by atoms with E-state index in [0.29, 0.717) is 11.3 Å². The predicted octanol–water partition coefficient (Wildman–Crippen LogP) is 1.32. The van der Waals surface area contributed by atoms with E-state index >= 15 is 0 Å². The molecular formula is C14H15NO6. The van der Waals surface area contributed by atoms with Crippen LogP contribution >= 0.6 is 0 Å². The fraction of sp³-hybridized carbons (Fsp3) is 0.357. The minimum absolute atomic E-state index is 0.199. The van der Waals surface area contributed by atoms with Gasteiger partial charge < -0.3 is 19.5 Å². The van der Waals surface area contributed by atoms with Crippen LogP contribution in [0.3, 0.4) is 0 Å². The standard InChI is InChI=1S/C14H15NO6/c1-3-19-13(17)12-11(15-14(18)21-12)9-4-6-10(7-5-9)20-8(2)16/h4-7,11-12H,3H2,1-2H3,(H,15,18)/t11-,12-/m1/s1. The first-order valence-corrected chi connectivity index (χ1v) is 6.43. The highest BCUT2D eigenvalue weighted by Crippen LogP contribution is 2.27. The molecule has 0 radical (unpaired) electrons. The minimum atomic E-state index is -1.03. The van der Waals surface area contributed by atoms with Crippen LogP contribution < -0.4 is 10.1 Å². The zero-order valence-electron chi connectivity index (χ0n) is 11.6. The summed E-state index contributed by atoms with van der Waals surface area (Å²) in [7, 11) is 0. The van der Waals surface area contributed by atoms with Crippen molar-refractivity contribution < 1.29 is 28.6 Å². The van der Waals surface area contributed by atoms with Crippen molar-refractivity contribution in [1.29, 1.82) is 0 Å². The van der Waals surface area contributed by atoms with Crippen LogP contribution in [0.4, 0.5) is 4.79 Å². The van der Waals surface area contributed by atoms with E-state index in [4.69, 9.17) is 14.2 Å². The van der Waals surface area contributed by atoms with Crippen molar-refractivity contribution in [3.63, 3.8) is 0 Å². The topological polar surface area (TPSA) is 90.9 Å². The molecule has 0 unspecified atom stereocenters. The zero-order valence-corrected chi connectivity index (χ0v) is 11.6. The number of hydrogen-bond acceptors (Lipinski definition) is 6. The van der Waals surface area contributed by atoms with Gasteiger partial charge in [0, 0.05) is 6.92 Å². The maximum absolute atomic E-state index is 11.8. The smallest absolute Gasteiger partial charge is 0.408 e. The number of esters is 2. The number of hydrogen-bond donors (Lipinski definition) is 1. The third-order valence-corrected chi connectivity index (χ3v) is 2.83. The van der Waals surface area contributed by atoms with E-state index in [1.165, 1.54) is 6.92 Å². The SMILES string of the molecule is CCOC(=O)[C@@H]1OC(=O)N[C@@H]1c1ccc(OC(C)=O)cc1. The molecule has 1 fully saturated rings. The first kappa shape index (κ1) is 14.8. The summed E-state index contributed by atoms with van der Waals surface area (Å²) >= 11 is 0. The molecule has 2 atom stereocenters. The number of benzene rings is 1. The van der Waals surface area contributed by atoms with E-state index in [1.807, 2.05) is 0 Å². The van der Waals surface area contributed by atoms with Crippen LogP contribution in [-0.2, 0) is 19.1 Å². The van der Waals surface area contributed by atoms with Crippen LogP contribution in [0.2, 0.25) is 0 Å². The second-order valence-electron chi connectivity index (χ2n) is 4.36. The predicted molar refractivity (Wildman–Crippen MR) is 70.5 cm³/mol. The highest BCUT2D eigenvalue weighted by atomic mass is 16.6. The van der Waals surface area contributed by atoms with Crippen molar-refractivity contribution in [1.82, 2.24) is 5.32 Å². The van der Waals surface area contributed by atoms with Crippen molar-refractivity contribution in [2.45, 2.75) is 26.0 Å². The molecule has 2 rings (SSSR count). The fourth-order valence-corrected chi connectivity index (χ4v) is 2.00. The lowest BCUT2D eigenvalue weighted by Gasteiger charge is -2.16. The maximum Gasteiger partial charge on any atom is 0.408 e. The van der Waals surface area contributed by atoms with E-state index in [0.717, 1.165) is 0 Å². The Hall–Kier alpha value is -2.57. The molecule has 1 aromatic rings. The van der Waals surface area contributed by atoms with Gasteiger partial charge in [-0.05, 0) is 24.6 Å². The Balaban J connectivity index is 2.16. The Bertz CT molecular complexity index is 553. The normalized spacial score (nSPS) is 20.4. The molecule has 1 aliphatic rings. The number of carbonyl (C=O) groups excluding carboxylic acids is 3. The summed E-state index contributed by atoms with van der Waals surface area (Å²) in [5.74, 6) is -0.654. The number of carbonyl (C=O) groups is 3. The Kier molecular flexibility index (Phi) is 4.42. The minimum Gasteiger partial charge on any atom is -0.463 e. The molecule has 112 valence electrons. The average molecular weight is 293 g/mol. The summed E-state index contributed by atoms with van der Waals surface area (Å²) in [5.41, 5.74) is 0.648. The summed E-state index contributed by atoms with van der Waals surface area (Å²) in [5, 5.41) is 2.55. The van der Waals surface area contributed by atoms with Crippen LogP contribution in [0, 0.1) is 0 Å². The highest BCUT2D eigenvalue weighted by molar-refractivity contribution is 5.83. The van der Waals surface area contributed by atoms with Crippen molar-refractivity contribution >= 4 is 18.0 Å². The molecular weight excluding hydrogens is 278 g/mol. The number of alkyl carbamates (subject to hydrolysis) is 1. The van der Waals surface area contributed by atoms with Gasteiger partial charge in [0.2, 0.25) is 6.10 Å². The van der Waals surface area contributed by atoms with Gasteiger partial charge in [0.25, 0.3) is 0 Å². The van der Waals surface area contributed by atoms with Crippen molar-refractivity contribution in [3.05, 3.63) is 29.8 Å². The molecule has 21 heavy (non-hydrogen) atoms. The van der Waals surface area contributed by atoms with Gasteiger partial charge in [-0.15, -0.1) is 0 Å². The molecule has 7 heteroatoms. The van der Waals surface area contributed by atoms with Crippen molar-refractivity contribution in [2.24, 2.45) is 0 Å². The number of rotatable bonds is 4. The lowest BCUT2D eigenvalue weighted by atomic mass is 10.0. The number of nitrogens with one attached hydrogen (secondary N) is 1. The molecule has 0 saturated carbocycles. The van der Waals surface area contributed by atoms with Crippen LogP contribution in [0.15, 0.2) is 24.3 Å². The average Bonchev–Trinajstić information content (AvgIpc) is 2.81. The third kappa shape index (κ3) is 3.50. The van der Waals surface area contributed by atoms with Crippen LogP contribution in [0.1, 0.15) is 25.5 Å². The first-order chi connectivity index (χ1) is 10.0. The van der Waals surface area contributed by atoms with Crippen LogP contribution in [0.5, 0.6) is 5.75 Å². The number of cyclic esters (lactones) is 1. The number of ether oxygens (including phenoxy) is 3. The van der Waals surface area contributed by atoms with E-state index in [2.05, 4.69) is 5.32 Å². The first-order valence-electron chi connectivity index (χ1n) is 6.43. The van der Waals surface area contributed by atoms with E-state index < -0.39 is 30.2 Å². The number of amides is 1. The molecule has 7 nitrogen and oxygen atoms in total. The molecule has 1 saturated heterocycles. The van der Waals surface area contributed by atoms with Gasteiger partial charge in [0.05, 0.1) is 6.61 Å². The quantitative estimate of drug-likeness (QED) is 0.665. The van der Waals surface area contributed by atoms with Gasteiger partial charge in [0.15, 0.2) is 0 Å². The molecule has 0 bridgehead atoms. The van der Waals surface area contributed by atoms with Crippen LogP contribution in [0.25, 0.3) is 0 Å². The highest BCUT2D eigenvalue weighted by Gasteiger charge is 2.41. The molecule has 1 amide bonds. The molecule has 1 heterocycles. The van der Waals surface area contributed by atoms with E-state index in [9.17, 15) is 14.4 Å². The summed E-state index contributed by atoms with van der Waals surface area (Å²) in [6.07, 6.45) is -1.71. The summed E-state index contributed by atoms with van der Waals surface area (Å²) in [4.78, 5) is 34.0. The Morgan fingerprint density at radius 2 is 1.95 bits per heavy atom. The lowest BCUT2D eigenvalue weighted by Crippen LogP contribution is -2.30. The Labute approximate surface area is 121 Å². The second kappa shape index (κ2) is 6.25. The Morgan fingerprint density at radius 1 is 1.29 bits per heavy atom. The Morgan fingerprint density at radius 3 is 2.52 bits per heavy atom. The summed E-state index contributed by atoms with van der Waals surface area (Å²) in [6, 6.07) is 5.80. The zero-order chi connectivity index (χ0) is 15.4. The van der Waals surface area contributed by atoms with Gasteiger partial charge >= 0.3 is 18.0 Å². The summed E-state index contributed by atoms with van der Waals surface area (Å²) < 4.78 is 14.7. The van der Waals surface area contributed by atoms with Gasteiger partial charge in [-0.2, -0.15) is 0 Å². The molecule has 0 aliphatic carbocycles. The van der Waals surface area contributed by atoms with Gasteiger partial charge in [-0.3, -0.25) is 4.79 Å². The molecule has 0 spiro atoms. The molecule has 1 aromatic carbocycles. The molecule has 0 aromatic heterocycles. The second-order valence-corrected chi connectivity index (χ2v) is 4.36. The summed E-state index contributed by atoms with van der Waals surface area (Å²) in [6.45, 7) is 3.17. The van der Waals surface area contributed by atoms with Crippen LogP contribution in [-0.4, -0.2) is 30.7 Å². The van der Waals surface area contributed by atoms with Crippen molar-refractivity contribution in [3.8, 4) is 5.75 Å². The maximum atomic E-state index is 11.8.